The number of primary amides is 1. The van der Waals surface area contributed by atoms with E-state index in [-0.39, 0.29) is 24.7 Å². The van der Waals surface area contributed by atoms with Crippen LogP contribution in [0.4, 0.5) is 11.4 Å². The van der Waals surface area contributed by atoms with Crippen molar-refractivity contribution in [2.24, 2.45) is 5.73 Å². The summed E-state index contributed by atoms with van der Waals surface area (Å²) in [4.78, 5) is 18.7. The minimum absolute atomic E-state index is 0. The molecule has 0 bridgehead atoms. The highest BCUT2D eigenvalue weighted by Crippen LogP contribution is 2.49. The fraction of sp³-hybridized carbons (Fsp3) is 0.381. The van der Waals surface area contributed by atoms with Crippen LogP contribution in [0.15, 0.2) is 52.3 Å². The molecule has 2 aromatic carbocycles. The number of carbonyl (C=O) groups is 1. The molecule has 4 nitrogen and oxygen atoms in total. The third kappa shape index (κ3) is 4.78. The average molecular weight is 406 g/mol. The standard InChI is InChI=1S/C21H27N3OS.ClH/c1-4-23(5-2)14-15(3)24-17-8-6-7-9-19(17)26-20-11-10-16(12-18(20)24)13-21(22)25;/h6-12,15H,4-5,13-14H2,1-3H3,(H2,22,25);1H. The Bertz CT molecular complexity index is 795. The Morgan fingerprint density at radius 1 is 1.11 bits per heavy atom. The van der Waals surface area contributed by atoms with E-state index in [9.17, 15) is 4.79 Å². The van der Waals surface area contributed by atoms with Gasteiger partial charge < -0.3 is 15.5 Å². The van der Waals surface area contributed by atoms with Gasteiger partial charge in [-0.1, -0.05) is 43.8 Å². The van der Waals surface area contributed by atoms with Crippen molar-refractivity contribution in [2.75, 3.05) is 24.5 Å². The quantitative estimate of drug-likeness (QED) is 0.738. The van der Waals surface area contributed by atoms with Gasteiger partial charge in [-0.3, -0.25) is 4.79 Å². The Hall–Kier alpha value is -1.69. The average Bonchev–Trinajstić information content (AvgIpc) is 2.63. The predicted octanol–water partition coefficient (Wildman–Crippen LogP) is 4.47. The Morgan fingerprint density at radius 2 is 1.78 bits per heavy atom. The van der Waals surface area contributed by atoms with Gasteiger partial charge in [0.1, 0.15) is 0 Å². The van der Waals surface area contributed by atoms with E-state index in [0.29, 0.717) is 6.04 Å². The first-order valence-corrected chi connectivity index (χ1v) is 10.0. The number of nitrogens with two attached hydrogens (primary N) is 1. The lowest BCUT2D eigenvalue weighted by Gasteiger charge is -2.39. The second-order valence-corrected chi connectivity index (χ2v) is 7.80. The summed E-state index contributed by atoms with van der Waals surface area (Å²) in [5.41, 5.74) is 8.79. The minimum atomic E-state index is -0.295. The Kier molecular flexibility index (Phi) is 7.59. The number of likely N-dealkylation sites (N-methyl/N-ethyl adjacent to an activating group) is 1. The highest BCUT2D eigenvalue weighted by Gasteiger charge is 2.28. The fourth-order valence-electron chi connectivity index (χ4n) is 3.55. The topological polar surface area (TPSA) is 49.6 Å². The van der Waals surface area contributed by atoms with Crippen LogP contribution >= 0.6 is 24.2 Å². The third-order valence-corrected chi connectivity index (χ3v) is 5.99. The first kappa shape index (κ1) is 21.6. The molecule has 1 aliphatic rings. The van der Waals surface area contributed by atoms with E-state index in [1.807, 2.05) is 6.07 Å². The molecule has 0 radical (unpaired) electrons. The number of fused-ring (bicyclic) bond motifs is 2. The van der Waals surface area contributed by atoms with Crippen molar-refractivity contribution < 1.29 is 4.79 Å². The highest BCUT2D eigenvalue weighted by atomic mass is 35.5. The molecule has 27 heavy (non-hydrogen) atoms. The van der Waals surface area contributed by atoms with Gasteiger partial charge in [0.15, 0.2) is 0 Å². The van der Waals surface area contributed by atoms with Crippen molar-refractivity contribution in [3.63, 3.8) is 0 Å². The van der Waals surface area contributed by atoms with Crippen molar-refractivity contribution in [3.05, 3.63) is 48.0 Å². The largest absolute Gasteiger partial charge is 0.369 e. The van der Waals surface area contributed by atoms with Gasteiger partial charge in [0.25, 0.3) is 0 Å². The van der Waals surface area contributed by atoms with E-state index >= 15 is 0 Å². The van der Waals surface area contributed by atoms with E-state index in [4.69, 9.17) is 5.73 Å². The Labute approximate surface area is 172 Å². The molecule has 0 spiro atoms. The number of benzene rings is 2. The fourth-order valence-corrected chi connectivity index (χ4v) is 4.60. The molecule has 1 unspecified atom stereocenters. The van der Waals surface area contributed by atoms with Crippen LogP contribution < -0.4 is 10.6 Å². The van der Waals surface area contributed by atoms with E-state index < -0.39 is 0 Å². The predicted molar refractivity (Wildman–Crippen MR) is 117 cm³/mol. The lowest BCUT2D eigenvalue weighted by Crippen LogP contribution is -2.41. The molecule has 1 amide bonds. The van der Waals surface area contributed by atoms with E-state index in [2.05, 4.69) is 67.0 Å². The number of nitrogens with zero attached hydrogens (tertiary/aromatic N) is 2. The molecule has 0 saturated heterocycles. The normalized spacial score (nSPS) is 13.6. The molecule has 0 aromatic heterocycles. The summed E-state index contributed by atoms with van der Waals surface area (Å²) in [5, 5.41) is 0. The highest BCUT2D eigenvalue weighted by molar-refractivity contribution is 7.99. The van der Waals surface area contributed by atoms with Crippen LogP contribution in [0.2, 0.25) is 0 Å². The van der Waals surface area contributed by atoms with Crippen LogP contribution in [0.5, 0.6) is 0 Å². The molecule has 0 aliphatic carbocycles. The summed E-state index contributed by atoms with van der Waals surface area (Å²) >= 11 is 1.79. The zero-order valence-corrected chi connectivity index (χ0v) is 17.8. The number of anilines is 2. The maximum Gasteiger partial charge on any atom is 0.221 e. The molecule has 0 fully saturated rings. The molecule has 146 valence electrons. The van der Waals surface area contributed by atoms with Gasteiger partial charge in [0, 0.05) is 22.4 Å². The van der Waals surface area contributed by atoms with Crippen molar-refractivity contribution in [1.82, 2.24) is 4.90 Å². The van der Waals surface area contributed by atoms with Crippen LogP contribution in [0.1, 0.15) is 26.3 Å². The zero-order valence-electron chi connectivity index (χ0n) is 16.1. The summed E-state index contributed by atoms with van der Waals surface area (Å²) in [6.45, 7) is 9.75. The summed E-state index contributed by atoms with van der Waals surface area (Å²) in [6.07, 6.45) is 0.276. The van der Waals surface area contributed by atoms with Crippen molar-refractivity contribution in [3.8, 4) is 0 Å². The number of carbonyl (C=O) groups excluding carboxylic acids is 1. The number of halogens is 1. The zero-order chi connectivity index (χ0) is 18.7. The number of amides is 1. The lowest BCUT2D eigenvalue weighted by atomic mass is 10.1. The second-order valence-electron chi connectivity index (χ2n) is 6.72. The van der Waals surface area contributed by atoms with Crippen LogP contribution in [-0.2, 0) is 11.2 Å². The SMILES string of the molecule is CCN(CC)CC(C)N1c2ccccc2Sc2ccc(CC(N)=O)cc21.Cl. The first-order valence-electron chi connectivity index (χ1n) is 9.23. The number of hydrogen-bond acceptors (Lipinski definition) is 4. The Balaban J connectivity index is 0.00000261. The Morgan fingerprint density at radius 3 is 2.44 bits per heavy atom. The van der Waals surface area contributed by atoms with E-state index in [0.717, 1.165) is 25.2 Å². The first-order chi connectivity index (χ1) is 12.5. The van der Waals surface area contributed by atoms with Gasteiger partial charge in [-0.15, -0.1) is 12.4 Å². The maximum atomic E-state index is 11.4. The number of hydrogen-bond donors (Lipinski definition) is 1. The van der Waals surface area contributed by atoms with Crippen LogP contribution in [0.3, 0.4) is 0 Å². The van der Waals surface area contributed by atoms with E-state index in [1.54, 1.807) is 11.8 Å². The number of rotatable bonds is 7. The minimum Gasteiger partial charge on any atom is -0.369 e. The van der Waals surface area contributed by atoms with Crippen molar-refractivity contribution in [2.45, 2.75) is 43.0 Å². The summed E-state index contributed by atoms with van der Waals surface area (Å²) in [7, 11) is 0. The molecule has 6 heteroatoms. The molecule has 1 heterocycles. The third-order valence-electron chi connectivity index (χ3n) is 4.86. The van der Waals surface area contributed by atoms with Gasteiger partial charge in [0.2, 0.25) is 5.91 Å². The van der Waals surface area contributed by atoms with Gasteiger partial charge in [0.05, 0.1) is 17.8 Å². The molecular weight excluding hydrogens is 378 g/mol. The van der Waals surface area contributed by atoms with Crippen molar-refractivity contribution >= 4 is 41.5 Å². The molecule has 3 rings (SSSR count). The van der Waals surface area contributed by atoms with Crippen LogP contribution in [0, 0.1) is 0 Å². The monoisotopic (exact) mass is 405 g/mol. The molecule has 1 atom stereocenters. The maximum absolute atomic E-state index is 11.4. The van der Waals surface area contributed by atoms with E-state index in [1.165, 1.54) is 21.2 Å². The van der Waals surface area contributed by atoms with Gasteiger partial charge >= 0.3 is 0 Å². The van der Waals surface area contributed by atoms with Gasteiger partial charge in [-0.05, 0) is 49.8 Å². The summed E-state index contributed by atoms with van der Waals surface area (Å²) in [6, 6.07) is 15.1. The van der Waals surface area contributed by atoms with Crippen LogP contribution in [0.25, 0.3) is 0 Å². The number of para-hydroxylation sites is 1. The second kappa shape index (κ2) is 9.49. The summed E-state index contributed by atoms with van der Waals surface area (Å²) < 4.78 is 0. The molecule has 2 N–H and O–H groups in total. The summed E-state index contributed by atoms with van der Waals surface area (Å²) in [5.74, 6) is -0.295. The van der Waals surface area contributed by atoms with Gasteiger partial charge in [-0.2, -0.15) is 0 Å². The van der Waals surface area contributed by atoms with Crippen molar-refractivity contribution in [1.29, 1.82) is 0 Å². The molecule has 2 aromatic rings. The lowest BCUT2D eigenvalue weighted by molar-refractivity contribution is -0.117. The molecule has 0 saturated carbocycles. The smallest absolute Gasteiger partial charge is 0.221 e. The van der Waals surface area contributed by atoms with Crippen LogP contribution in [-0.4, -0.2) is 36.5 Å². The molecular formula is C21H28ClN3OS. The molecule has 1 aliphatic heterocycles. The van der Waals surface area contributed by atoms with Gasteiger partial charge in [-0.25, -0.2) is 0 Å².